The van der Waals surface area contributed by atoms with Crippen molar-refractivity contribution in [1.29, 1.82) is 0 Å². The highest BCUT2D eigenvalue weighted by atomic mass is 32.1. The Morgan fingerprint density at radius 2 is 1.84 bits per heavy atom. The summed E-state index contributed by atoms with van der Waals surface area (Å²) in [6.45, 7) is 4.06. The van der Waals surface area contributed by atoms with Gasteiger partial charge < -0.3 is 9.47 Å². The third-order valence-electron chi connectivity index (χ3n) is 4.69. The number of ether oxygens (including phenoxy) is 2. The molecule has 0 aliphatic rings. The van der Waals surface area contributed by atoms with E-state index < -0.39 is 0 Å². The number of nitrogens with zero attached hydrogens (tertiary/aromatic N) is 3. The molecule has 4 rings (SSSR count). The summed E-state index contributed by atoms with van der Waals surface area (Å²) < 4.78 is 11.0. The average Bonchev–Trinajstić information content (AvgIpc) is 3.34. The lowest BCUT2D eigenvalue weighted by molar-refractivity contribution is -0.113. The second-order valence-electron chi connectivity index (χ2n) is 6.77. The van der Waals surface area contributed by atoms with E-state index in [0.29, 0.717) is 23.2 Å². The Morgan fingerprint density at radius 1 is 1.09 bits per heavy atom. The molecule has 4 aromatic rings. The molecule has 0 unspecified atom stereocenters. The van der Waals surface area contributed by atoms with Gasteiger partial charge in [-0.2, -0.15) is 0 Å². The van der Waals surface area contributed by atoms with Crippen LogP contribution in [0.2, 0.25) is 0 Å². The molecule has 0 fully saturated rings. The van der Waals surface area contributed by atoms with Gasteiger partial charge in [0.2, 0.25) is 0 Å². The van der Waals surface area contributed by atoms with Gasteiger partial charge in [-0.3, -0.25) is 14.7 Å². The van der Waals surface area contributed by atoms with Gasteiger partial charge in [-0.05, 0) is 60.7 Å². The minimum Gasteiger partial charge on any atom is -0.497 e. The van der Waals surface area contributed by atoms with Crippen LogP contribution >= 0.6 is 11.3 Å². The Balaban J connectivity index is 1.54. The van der Waals surface area contributed by atoms with E-state index in [4.69, 9.17) is 9.47 Å². The largest absolute Gasteiger partial charge is 0.497 e. The molecular weight excluding hydrogens is 422 g/mol. The van der Waals surface area contributed by atoms with Crippen molar-refractivity contribution in [3.8, 4) is 22.8 Å². The Morgan fingerprint density at radius 3 is 2.50 bits per heavy atom. The van der Waals surface area contributed by atoms with Crippen LogP contribution in [-0.2, 0) is 11.4 Å². The highest BCUT2D eigenvalue weighted by Crippen LogP contribution is 2.33. The summed E-state index contributed by atoms with van der Waals surface area (Å²) in [4.78, 5) is 23.0. The Kier molecular flexibility index (Phi) is 6.57. The molecule has 1 amide bonds. The van der Waals surface area contributed by atoms with Gasteiger partial charge in [0, 0.05) is 28.9 Å². The maximum absolute atomic E-state index is 12.7. The van der Waals surface area contributed by atoms with E-state index in [9.17, 15) is 4.79 Å². The van der Waals surface area contributed by atoms with E-state index >= 15 is 0 Å². The number of carbonyl (C=O) groups is 1. The minimum absolute atomic E-state index is 0.260. The van der Waals surface area contributed by atoms with Gasteiger partial charge in [0.1, 0.15) is 18.1 Å². The molecule has 0 aliphatic heterocycles. The first kappa shape index (κ1) is 21.3. The monoisotopic (exact) mass is 443 g/mol. The number of aromatic nitrogens is 2. The molecule has 7 heteroatoms. The topological polar surface area (TPSA) is 64.6 Å². The van der Waals surface area contributed by atoms with Gasteiger partial charge in [0.15, 0.2) is 5.13 Å². The highest BCUT2D eigenvalue weighted by Gasteiger charge is 2.19. The van der Waals surface area contributed by atoms with Crippen molar-refractivity contribution in [3.05, 3.63) is 96.7 Å². The maximum Gasteiger partial charge on any atom is 0.256 e. The number of amides is 1. The molecule has 32 heavy (non-hydrogen) atoms. The number of hydrogen-bond donors (Lipinski definition) is 0. The van der Waals surface area contributed by atoms with Gasteiger partial charge >= 0.3 is 0 Å². The molecule has 0 saturated carbocycles. The van der Waals surface area contributed by atoms with Gasteiger partial charge in [0.25, 0.3) is 5.91 Å². The van der Waals surface area contributed by atoms with Crippen molar-refractivity contribution < 1.29 is 14.3 Å². The quantitative estimate of drug-likeness (QED) is 0.330. The molecule has 2 heterocycles. The highest BCUT2D eigenvalue weighted by molar-refractivity contribution is 7.14. The van der Waals surface area contributed by atoms with Crippen LogP contribution in [0.25, 0.3) is 11.3 Å². The zero-order valence-electron chi connectivity index (χ0n) is 17.5. The van der Waals surface area contributed by atoms with Crippen molar-refractivity contribution in [1.82, 2.24) is 9.97 Å². The van der Waals surface area contributed by atoms with Gasteiger partial charge in [-0.15, -0.1) is 11.3 Å². The van der Waals surface area contributed by atoms with Gasteiger partial charge in [0.05, 0.1) is 18.5 Å². The molecule has 0 bridgehead atoms. The predicted octanol–water partition coefficient (Wildman–Crippen LogP) is 5.64. The lowest BCUT2D eigenvalue weighted by atomic mass is 10.2. The number of methoxy groups -OCH3 is 1. The number of hydrogen-bond acceptors (Lipinski definition) is 6. The van der Waals surface area contributed by atoms with Crippen LogP contribution in [0.1, 0.15) is 5.56 Å². The fourth-order valence-electron chi connectivity index (χ4n) is 3.03. The van der Waals surface area contributed by atoms with Crippen LogP contribution in [0.5, 0.6) is 11.5 Å². The number of benzene rings is 2. The van der Waals surface area contributed by atoms with E-state index in [1.54, 1.807) is 19.5 Å². The molecule has 0 N–H and O–H groups in total. The van der Waals surface area contributed by atoms with Crippen molar-refractivity contribution in [2.24, 2.45) is 0 Å². The smallest absolute Gasteiger partial charge is 0.256 e. The average molecular weight is 444 g/mol. The lowest BCUT2D eigenvalue weighted by Gasteiger charge is -2.18. The summed E-state index contributed by atoms with van der Waals surface area (Å²) in [5.74, 6) is 1.21. The minimum atomic E-state index is -0.260. The third kappa shape index (κ3) is 4.84. The number of carbonyl (C=O) groups excluding carboxylic acids is 1. The zero-order chi connectivity index (χ0) is 22.3. The van der Waals surface area contributed by atoms with Gasteiger partial charge in [-0.25, -0.2) is 4.98 Å². The first-order valence-corrected chi connectivity index (χ1v) is 10.7. The molecule has 160 valence electrons. The predicted molar refractivity (Wildman–Crippen MR) is 126 cm³/mol. The molecule has 2 aromatic carbocycles. The molecule has 0 saturated heterocycles. The van der Waals surface area contributed by atoms with Crippen LogP contribution in [0.15, 0.2) is 91.1 Å². The van der Waals surface area contributed by atoms with Crippen molar-refractivity contribution in [2.45, 2.75) is 6.61 Å². The third-order valence-corrected chi connectivity index (χ3v) is 5.51. The molecule has 2 aromatic heterocycles. The Hall–Kier alpha value is -3.97. The van der Waals surface area contributed by atoms with Crippen LogP contribution in [0, 0.1) is 0 Å². The standard InChI is InChI=1S/C25H21N3O3S/c1-3-24(29)28(25-27-23(17-32-25)19-6-10-21(30-2)11-7-19)20-8-12-22(13-9-20)31-16-18-5-4-14-26-15-18/h3-15,17H,1,16H2,2H3. The van der Waals surface area contributed by atoms with Crippen molar-refractivity contribution in [2.75, 3.05) is 12.0 Å². The Bertz CT molecular complexity index is 1190. The number of thiazole rings is 1. The molecule has 0 radical (unpaired) electrons. The number of rotatable bonds is 8. The van der Waals surface area contributed by atoms with E-state index in [2.05, 4.69) is 16.5 Å². The summed E-state index contributed by atoms with van der Waals surface area (Å²) in [5, 5.41) is 2.48. The lowest BCUT2D eigenvalue weighted by Crippen LogP contribution is -2.23. The van der Waals surface area contributed by atoms with E-state index in [1.165, 1.54) is 22.3 Å². The normalized spacial score (nSPS) is 10.4. The second-order valence-corrected chi connectivity index (χ2v) is 7.60. The van der Waals surface area contributed by atoms with E-state index in [1.807, 2.05) is 66.0 Å². The van der Waals surface area contributed by atoms with Crippen molar-refractivity contribution >= 4 is 28.1 Å². The summed E-state index contributed by atoms with van der Waals surface area (Å²) in [6, 6.07) is 18.8. The first-order chi connectivity index (χ1) is 15.7. The van der Waals surface area contributed by atoms with Gasteiger partial charge in [-0.1, -0.05) is 12.6 Å². The Labute approximate surface area is 190 Å². The van der Waals surface area contributed by atoms with Crippen LogP contribution in [0.3, 0.4) is 0 Å². The fourth-order valence-corrected chi connectivity index (χ4v) is 3.88. The van der Waals surface area contributed by atoms with E-state index in [0.717, 1.165) is 22.6 Å². The van der Waals surface area contributed by atoms with Crippen LogP contribution < -0.4 is 14.4 Å². The van der Waals surface area contributed by atoms with Crippen LogP contribution in [-0.4, -0.2) is 23.0 Å². The molecule has 0 atom stereocenters. The molecule has 0 aliphatic carbocycles. The van der Waals surface area contributed by atoms with E-state index in [-0.39, 0.29) is 5.91 Å². The summed E-state index contributed by atoms with van der Waals surface area (Å²) in [7, 11) is 1.63. The van der Waals surface area contributed by atoms with Crippen molar-refractivity contribution in [3.63, 3.8) is 0 Å². The first-order valence-electron chi connectivity index (χ1n) is 9.86. The van der Waals surface area contributed by atoms with Crippen LogP contribution in [0.4, 0.5) is 10.8 Å². The number of pyridine rings is 1. The SMILES string of the molecule is C=CC(=O)N(c1ccc(OCc2cccnc2)cc1)c1nc(-c2ccc(OC)cc2)cs1. The number of anilines is 2. The fraction of sp³-hybridized carbons (Fsp3) is 0.0800. The molecular formula is C25H21N3O3S. The molecule has 6 nitrogen and oxygen atoms in total. The maximum atomic E-state index is 12.7. The second kappa shape index (κ2) is 9.89. The summed E-state index contributed by atoms with van der Waals surface area (Å²) in [5.41, 5.74) is 3.39. The molecule has 0 spiro atoms. The summed E-state index contributed by atoms with van der Waals surface area (Å²) in [6.07, 6.45) is 4.77. The zero-order valence-corrected chi connectivity index (χ0v) is 18.3. The summed E-state index contributed by atoms with van der Waals surface area (Å²) >= 11 is 1.39.